The molecule has 118 valence electrons. The van der Waals surface area contributed by atoms with Gasteiger partial charge in [-0.25, -0.2) is 8.42 Å². The van der Waals surface area contributed by atoms with Crippen molar-refractivity contribution in [3.8, 4) is 5.75 Å². The Morgan fingerprint density at radius 1 is 1.45 bits per heavy atom. The number of aromatic amines is 1. The van der Waals surface area contributed by atoms with Gasteiger partial charge in [0.25, 0.3) is 15.9 Å². The topological polar surface area (TPSA) is 127 Å². The second kappa shape index (κ2) is 5.97. The van der Waals surface area contributed by atoms with Gasteiger partial charge in [-0.1, -0.05) is 15.9 Å². The van der Waals surface area contributed by atoms with Gasteiger partial charge in [-0.05, 0) is 25.1 Å². The maximum atomic E-state index is 12.5. The Labute approximate surface area is 135 Å². The summed E-state index contributed by atoms with van der Waals surface area (Å²) in [7, 11) is -2.66. The van der Waals surface area contributed by atoms with Gasteiger partial charge in [-0.15, -0.1) is 0 Å². The molecule has 8 nitrogen and oxygen atoms in total. The fraction of sp³-hybridized carbons (Fsp3) is 0.167. The molecule has 0 atom stereocenters. The zero-order valence-electron chi connectivity index (χ0n) is 11.7. The molecular formula is C12H13BrN4O4S. The number of amides is 1. The van der Waals surface area contributed by atoms with Crippen molar-refractivity contribution in [3.63, 3.8) is 0 Å². The van der Waals surface area contributed by atoms with Crippen LogP contribution in [-0.2, 0) is 10.0 Å². The van der Waals surface area contributed by atoms with E-state index < -0.39 is 15.9 Å². The number of carbonyl (C=O) groups excluding carboxylic acids is 1. The van der Waals surface area contributed by atoms with Crippen molar-refractivity contribution in [2.45, 2.75) is 11.8 Å². The largest absolute Gasteiger partial charge is 0.495 e. The molecule has 2 aromatic rings. The van der Waals surface area contributed by atoms with E-state index in [2.05, 4.69) is 30.8 Å². The summed E-state index contributed by atoms with van der Waals surface area (Å²) in [6.45, 7) is 1.56. The molecule has 0 aliphatic heterocycles. The lowest BCUT2D eigenvalue weighted by molar-refractivity contribution is 0.100. The summed E-state index contributed by atoms with van der Waals surface area (Å²) in [5.74, 6) is -0.791. The Hall–Kier alpha value is -2.07. The number of nitrogens with two attached hydrogens (primary N) is 1. The van der Waals surface area contributed by atoms with Crippen LogP contribution in [0.5, 0.6) is 5.75 Å². The van der Waals surface area contributed by atoms with E-state index in [1.807, 2.05) is 0 Å². The minimum absolute atomic E-state index is 0.0162. The number of nitrogens with zero attached hydrogens (tertiary/aromatic N) is 1. The second-order valence-corrected chi connectivity index (χ2v) is 6.90. The molecule has 0 bridgehead atoms. The second-order valence-electron chi connectivity index (χ2n) is 4.34. The number of rotatable bonds is 5. The Morgan fingerprint density at radius 3 is 2.73 bits per heavy atom. The van der Waals surface area contributed by atoms with E-state index in [4.69, 9.17) is 10.5 Å². The van der Waals surface area contributed by atoms with Crippen LogP contribution in [-0.4, -0.2) is 31.6 Å². The third-order valence-corrected chi connectivity index (χ3v) is 4.69. The minimum Gasteiger partial charge on any atom is -0.495 e. The van der Waals surface area contributed by atoms with Crippen molar-refractivity contribution in [2.24, 2.45) is 5.73 Å². The normalized spacial score (nSPS) is 11.2. The maximum Gasteiger partial charge on any atom is 0.266 e. The maximum absolute atomic E-state index is 12.5. The number of benzene rings is 1. The molecule has 0 unspecified atom stereocenters. The molecule has 0 aliphatic rings. The molecule has 0 saturated carbocycles. The number of sulfonamides is 1. The summed E-state index contributed by atoms with van der Waals surface area (Å²) in [5, 5.41) is 6.27. The SMILES string of the molecule is COc1ccc(Br)cc1S(=O)(=O)Nc1n[nH]c(C)c1C(N)=O. The van der Waals surface area contributed by atoms with Crippen LogP contribution in [0.2, 0.25) is 0 Å². The van der Waals surface area contributed by atoms with E-state index in [1.54, 1.807) is 13.0 Å². The van der Waals surface area contributed by atoms with Crippen LogP contribution in [0.1, 0.15) is 16.1 Å². The number of anilines is 1. The molecule has 1 heterocycles. The van der Waals surface area contributed by atoms with Crippen molar-refractivity contribution < 1.29 is 17.9 Å². The number of nitrogens with one attached hydrogen (secondary N) is 2. The molecule has 10 heteroatoms. The number of hydrogen-bond donors (Lipinski definition) is 3. The van der Waals surface area contributed by atoms with Crippen molar-refractivity contribution in [2.75, 3.05) is 11.8 Å². The van der Waals surface area contributed by atoms with Crippen LogP contribution in [0, 0.1) is 6.92 Å². The predicted molar refractivity (Wildman–Crippen MR) is 83.3 cm³/mol. The lowest BCUT2D eigenvalue weighted by atomic mass is 10.2. The molecule has 0 saturated heterocycles. The lowest BCUT2D eigenvalue weighted by Gasteiger charge is -2.11. The summed E-state index contributed by atoms with van der Waals surface area (Å²) in [6.07, 6.45) is 0. The number of methoxy groups -OCH3 is 1. The van der Waals surface area contributed by atoms with Gasteiger partial charge in [0, 0.05) is 10.2 Å². The summed E-state index contributed by atoms with van der Waals surface area (Å²) >= 11 is 3.20. The highest BCUT2D eigenvalue weighted by atomic mass is 79.9. The zero-order chi connectivity index (χ0) is 16.5. The van der Waals surface area contributed by atoms with Gasteiger partial charge in [-0.3, -0.25) is 14.6 Å². The molecular weight excluding hydrogens is 376 g/mol. The number of primary amides is 1. The van der Waals surface area contributed by atoms with Gasteiger partial charge < -0.3 is 10.5 Å². The van der Waals surface area contributed by atoms with Crippen molar-refractivity contribution in [3.05, 3.63) is 33.9 Å². The Morgan fingerprint density at radius 2 is 2.14 bits per heavy atom. The van der Waals surface area contributed by atoms with E-state index in [-0.39, 0.29) is 22.0 Å². The van der Waals surface area contributed by atoms with Crippen molar-refractivity contribution in [1.29, 1.82) is 0 Å². The van der Waals surface area contributed by atoms with Crippen LogP contribution in [0.4, 0.5) is 5.82 Å². The highest BCUT2D eigenvalue weighted by Gasteiger charge is 2.24. The van der Waals surface area contributed by atoms with Crippen LogP contribution in [0.15, 0.2) is 27.6 Å². The number of ether oxygens (including phenoxy) is 1. The molecule has 1 aromatic carbocycles. The minimum atomic E-state index is -4.02. The molecule has 1 aromatic heterocycles. The molecule has 0 radical (unpaired) electrons. The van der Waals surface area contributed by atoms with Gasteiger partial charge in [0.2, 0.25) is 0 Å². The highest BCUT2D eigenvalue weighted by molar-refractivity contribution is 9.10. The van der Waals surface area contributed by atoms with Gasteiger partial charge in [0.15, 0.2) is 5.82 Å². The van der Waals surface area contributed by atoms with Crippen LogP contribution in [0.3, 0.4) is 0 Å². The van der Waals surface area contributed by atoms with Crippen LogP contribution >= 0.6 is 15.9 Å². The van der Waals surface area contributed by atoms with Gasteiger partial charge in [-0.2, -0.15) is 5.10 Å². The van der Waals surface area contributed by atoms with Crippen molar-refractivity contribution >= 4 is 37.7 Å². The number of aromatic nitrogens is 2. The molecule has 0 fully saturated rings. The molecule has 1 amide bonds. The summed E-state index contributed by atoms with van der Waals surface area (Å²) in [4.78, 5) is 11.3. The highest BCUT2D eigenvalue weighted by Crippen LogP contribution is 2.29. The van der Waals surface area contributed by atoms with E-state index >= 15 is 0 Å². The molecule has 0 aliphatic carbocycles. The molecule has 4 N–H and O–H groups in total. The number of carbonyl (C=O) groups is 1. The fourth-order valence-corrected chi connectivity index (χ4v) is 3.57. The van der Waals surface area contributed by atoms with Crippen LogP contribution < -0.4 is 15.2 Å². The molecule has 2 rings (SSSR count). The van der Waals surface area contributed by atoms with E-state index in [9.17, 15) is 13.2 Å². The van der Waals surface area contributed by atoms with E-state index in [0.29, 0.717) is 10.2 Å². The first-order valence-electron chi connectivity index (χ1n) is 5.97. The van der Waals surface area contributed by atoms with Gasteiger partial charge in [0.05, 0.1) is 7.11 Å². The first kappa shape index (κ1) is 16.3. The third-order valence-electron chi connectivity index (χ3n) is 2.84. The number of halogens is 1. The number of H-pyrrole nitrogens is 1. The average Bonchev–Trinajstić information content (AvgIpc) is 2.79. The van der Waals surface area contributed by atoms with E-state index in [0.717, 1.165) is 0 Å². The standard InChI is InChI=1S/C12H13BrN4O4S/c1-6-10(11(14)18)12(16-15-6)17-22(19,20)9-5-7(13)3-4-8(9)21-2/h3-5H,1-2H3,(H2,14,18)(H2,15,16,17). The summed E-state index contributed by atoms with van der Waals surface area (Å²) in [6, 6.07) is 4.53. The van der Waals surface area contributed by atoms with E-state index in [1.165, 1.54) is 19.2 Å². The number of aryl methyl sites for hydroxylation is 1. The Bertz CT molecular complexity index is 832. The first-order valence-corrected chi connectivity index (χ1v) is 8.25. The summed E-state index contributed by atoms with van der Waals surface area (Å²) < 4.78 is 32.8. The number of hydrogen-bond acceptors (Lipinski definition) is 5. The lowest BCUT2D eigenvalue weighted by Crippen LogP contribution is -2.19. The van der Waals surface area contributed by atoms with Gasteiger partial charge >= 0.3 is 0 Å². The molecule has 22 heavy (non-hydrogen) atoms. The van der Waals surface area contributed by atoms with Crippen molar-refractivity contribution in [1.82, 2.24) is 10.2 Å². The first-order chi connectivity index (χ1) is 10.3. The smallest absolute Gasteiger partial charge is 0.266 e. The van der Waals surface area contributed by atoms with Crippen LogP contribution in [0.25, 0.3) is 0 Å². The average molecular weight is 389 g/mol. The quantitative estimate of drug-likeness (QED) is 0.712. The zero-order valence-corrected chi connectivity index (χ0v) is 14.1. The molecule has 0 spiro atoms. The fourth-order valence-electron chi connectivity index (χ4n) is 1.85. The summed E-state index contributed by atoms with van der Waals surface area (Å²) in [5.41, 5.74) is 5.58. The van der Waals surface area contributed by atoms with Gasteiger partial charge in [0.1, 0.15) is 16.2 Å². The Kier molecular flexibility index (Phi) is 4.42. The third kappa shape index (κ3) is 3.07. The Balaban J connectivity index is 2.49. The monoisotopic (exact) mass is 388 g/mol. The predicted octanol–water partition coefficient (Wildman–Crippen LogP) is 1.39.